The molecule has 3 rings (SSSR count). The Morgan fingerprint density at radius 3 is 2.65 bits per heavy atom. The first kappa shape index (κ1) is 12.7. The van der Waals surface area contributed by atoms with E-state index in [1.807, 2.05) is 18.2 Å². The van der Waals surface area contributed by atoms with Gasteiger partial charge in [-0.3, -0.25) is 0 Å². The van der Waals surface area contributed by atoms with Crippen molar-refractivity contribution in [3.63, 3.8) is 0 Å². The summed E-state index contributed by atoms with van der Waals surface area (Å²) in [5.74, 6) is 0.336. The van der Waals surface area contributed by atoms with Crippen LogP contribution in [0.2, 0.25) is 0 Å². The van der Waals surface area contributed by atoms with Gasteiger partial charge in [0.15, 0.2) is 5.82 Å². The minimum atomic E-state index is -0.301. The van der Waals surface area contributed by atoms with Crippen molar-refractivity contribution in [2.24, 2.45) is 12.8 Å². The van der Waals surface area contributed by atoms with E-state index in [2.05, 4.69) is 15.4 Å². The van der Waals surface area contributed by atoms with Crippen molar-refractivity contribution in [3.05, 3.63) is 53.6 Å². The van der Waals surface area contributed by atoms with Crippen LogP contribution in [0.3, 0.4) is 0 Å². The third-order valence-corrected chi connectivity index (χ3v) is 3.26. The summed E-state index contributed by atoms with van der Waals surface area (Å²) in [4.78, 5) is 1.39. The van der Waals surface area contributed by atoms with Gasteiger partial charge < -0.3 is 5.73 Å². The summed E-state index contributed by atoms with van der Waals surface area (Å²) in [5.41, 5.74) is 7.10. The molecule has 6 heteroatoms. The Balaban J connectivity index is 1.99. The second kappa shape index (κ2) is 4.97. The Hall–Kier alpha value is -2.34. The Morgan fingerprint density at radius 1 is 1.20 bits per heavy atom. The molecule has 3 aromatic rings. The van der Waals surface area contributed by atoms with Crippen LogP contribution >= 0.6 is 0 Å². The van der Waals surface area contributed by atoms with E-state index in [1.54, 1.807) is 19.2 Å². The molecule has 5 nitrogen and oxygen atoms in total. The summed E-state index contributed by atoms with van der Waals surface area (Å²) < 4.78 is 13.8. The maximum atomic E-state index is 13.8. The number of nitrogens with zero attached hydrogens (tertiary/aromatic N) is 4. The van der Waals surface area contributed by atoms with Gasteiger partial charge in [-0.1, -0.05) is 30.3 Å². The normalized spacial score (nSPS) is 12.8. The molecule has 20 heavy (non-hydrogen) atoms. The van der Waals surface area contributed by atoms with Crippen molar-refractivity contribution in [2.75, 3.05) is 0 Å². The fourth-order valence-corrected chi connectivity index (χ4v) is 2.32. The molecule has 0 aliphatic carbocycles. The first-order valence-corrected chi connectivity index (χ1v) is 6.31. The quantitative estimate of drug-likeness (QED) is 0.787. The molecule has 0 saturated heterocycles. The molecule has 0 aliphatic rings. The van der Waals surface area contributed by atoms with Crippen molar-refractivity contribution in [2.45, 2.75) is 12.5 Å². The highest BCUT2D eigenvalue weighted by atomic mass is 19.1. The van der Waals surface area contributed by atoms with E-state index in [4.69, 9.17) is 5.73 Å². The summed E-state index contributed by atoms with van der Waals surface area (Å²) in [6.45, 7) is 0. The number of hydrogen-bond donors (Lipinski definition) is 1. The third-order valence-electron chi connectivity index (χ3n) is 3.26. The van der Waals surface area contributed by atoms with Crippen LogP contribution in [0.15, 0.2) is 36.4 Å². The average Bonchev–Trinajstić information content (AvgIpc) is 2.84. The van der Waals surface area contributed by atoms with Gasteiger partial charge in [0.1, 0.15) is 5.82 Å². The fraction of sp³-hybridized carbons (Fsp3) is 0.214. The first-order chi connectivity index (χ1) is 9.65. The maximum absolute atomic E-state index is 13.8. The number of rotatable bonds is 3. The smallest absolute Gasteiger partial charge is 0.176 e. The van der Waals surface area contributed by atoms with E-state index in [0.717, 1.165) is 10.9 Å². The van der Waals surface area contributed by atoms with E-state index in [0.29, 0.717) is 17.6 Å². The zero-order chi connectivity index (χ0) is 14.1. The van der Waals surface area contributed by atoms with Crippen molar-refractivity contribution in [1.82, 2.24) is 20.2 Å². The highest BCUT2D eigenvalue weighted by Crippen LogP contribution is 2.26. The largest absolute Gasteiger partial charge is 0.324 e. The molecular formula is C14H14FN5. The minimum absolute atomic E-state index is 0.242. The molecule has 0 fully saturated rings. The molecule has 0 spiro atoms. The molecule has 0 bridgehead atoms. The highest BCUT2D eigenvalue weighted by molar-refractivity contribution is 5.86. The van der Waals surface area contributed by atoms with Gasteiger partial charge in [0.2, 0.25) is 0 Å². The Kier molecular flexibility index (Phi) is 3.15. The Labute approximate surface area is 115 Å². The van der Waals surface area contributed by atoms with Gasteiger partial charge in [-0.05, 0) is 22.2 Å². The standard InChI is InChI=1S/C14H14FN5/c1-20-18-14(17-19-20)8-13(16)11-6-7-12(15)10-5-3-2-4-9(10)11/h2-7,13H,8,16H2,1H3. The van der Waals surface area contributed by atoms with Crippen LogP contribution in [-0.4, -0.2) is 20.2 Å². The summed E-state index contributed by atoms with van der Waals surface area (Å²) in [6, 6.07) is 10.2. The van der Waals surface area contributed by atoms with Gasteiger partial charge in [-0.15, -0.1) is 10.2 Å². The number of aryl methyl sites for hydroxylation is 1. The minimum Gasteiger partial charge on any atom is -0.324 e. The molecule has 0 saturated carbocycles. The Bertz CT molecular complexity index is 752. The summed E-state index contributed by atoms with van der Waals surface area (Å²) in [7, 11) is 1.70. The summed E-state index contributed by atoms with van der Waals surface area (Å²) in [5, 5.41) is 13.2. The van der Waals surface area contributed by atoms with Gasteiger partial charge in [0.05, 0.1) is 7.05 Å². The number of nitrogens with two attached hydrogens (primary N) is 1. The summed E-state index contributed by atoms with van der Waals surface area (Å²) >= 11 is 0. The monoisotopic (exact) mass is 271 g/mol. The lowest BCUT2D eigenvalue weighted by atomic mass is 9.97. The van der Waals surface area contributed by atoms with Crippen molar-refractivity contribution >= 4 is 10.8 Å². The predicted molar refractivity (Wildman–Crippen MR) is 73.3 cm³/mol. The molecular weight excluding hydrogens is 257 g/mol. The van der Waals surface area contributed by atoms with Crippen LogP contribution in [-0.2, 0) is 13.5 Å². The van der Waals surface area contributed by atoms with E-state index >= 15 is 0 Å². The SMILES string of the molecule is Cn1nnc(CC(N)c2ccc(F)c3ccccc23)n1. The second-order valence-corrected chi connectivity index (χ2v) is 4.69. The van der Waals surface area contributed by atoms with E-state index in [9.17, 15) is 4.39 Å². The van der Waals surface area contributed by atoms with Crippen LogP contribution in [0.4, 0.5) is 4.39 Å². The molecule has 2 N–H and O–H groups in total. The Morgan fingerprint density at radius 2 is 1.95 bits per heavy atom. The molecule has 0 radical (unpaired) electrons. The number of tetrazole rings is 1. The molecule has 2 aromatic carbocycles. The lowest BCUT2D eigenvalue weighted by Crippen LogP contribution is -2.15. The van der Waals surface area contributed by atoms with E-state index < -0.39 is 0 Å². The zero-order valence-electron chi connectivity index (χ0n) is 11.0. The highest BCUT2D eigenvalue weighted by Gasteiger charge is 2.15. The van der Waals surface area contributed by atoms with E-state index in [1.165, 1.54) is 10.9 Å². The molecule has 0 aliphatic heterocycles. The van der Waals surface area contributed by atoms with Crippen LogP contribution in [0.25, 0.3) is 10.8 Å². The van der Waals surface area contributed by atoms with Crippen LogP contribution in [0.1, 0.15) is 17.4 Å². The average molecular weight is 271 g/mol. The number of benzene rings is 2. The zero-order valence-corrected chi connectivity index (χ0v) is 11.0. The topological polar surface area (TPSA) is 69.6 Å². The van der Waals surface area contributed by atoms with Crippen molar-refractivity contribution < 1.29 is 4.39 Å². The van der Waals surface area contributed by atoms with Gasteiger partial charge in [-0.25, -0.2) is 4.39 Å². The fourth-order valence-electron chi connectivity index (χ4n) is 2.32. The number of halogens is 1. The van der Waals surface area contributed by atoms with Crippen molar-refractivity contribution in [3.8, 4) is 0 Å². The van der Waals surface area contributed by atoms with Crippen LogP contribution in [0.5, 0.6) is 0 Å². The molecule has 0 amide bonds. The third kappa shape index (κ3) is 2.25. The first-order valence-electron chi connectivity index (χ1n) is 6.31. The maximum Gasteiger partial charge on any atom is 0.176 e. The van der Waals surface area contributed by atoms with E-state index in [-0.39, 0.29) is 11.9 Å². The molecule has 1 aromatic heterocycles. The summed E-state index contributed by atoms with van der Waals surface area (Å²) in [6.07, 6.45) is 0.462. The van der Waals surface area contributed by atoms with Crippen LogP contribution < -0.4 is 5.73 Å². The molecule has 1 atom stereocenters. The number of fused-ring (bicyclic) bond motifs is 1. The van der Waals surface area contributed by atoms with Gasteiger partial charge in [-0.2, -0.15) is 4.80 Å². The molecule has 1 unspecified atom stereocenters. The van der Waals surface area contributed by atoms with Gasteiger partial charge in [0.25, 0.3) is 0 Å². The van der Waals surface area contributed by atoms with Gasteiger partial charge >= 0.3 is 0 Å². The van der Waals surface area contributed by atoms with Crippen molar-refractivity contribution in [1.29, 1.82) is 0 Å². The lowest BCUT2D eigenvalue weighted by Gasteiger charge is -2.13. The lowest BCUT2D eigenvalue weighted by molar-refractivity contribution is 0.622. The predicted octanol–water partition coefficient (Wildman–Crippen LogP) is 1.74. The molecule has 102 valence electrons. The van der Waals surface area contributed by atoms with Crippen LogP contribution in [0, 0.1) is 5.82 Å². The molecule has 1 heterocycles. The van der Waals surface area contributed by atoms with Gasteiger partial charge in [0, 0.05) is 17.8 Å². The second-order valence-electron chi connectivity index (χ2n) is 4.69. The number of aromatic nitrogens is 4. The number of hydrogen-bond acceptors (Lipinski definition) is 4.